The van der Waals surface area contributed by atoms with Gasteiger partial charge in [0.2, 0.25) is 0 Å². The minimum Gasteiger partial charge on any atom is -0.381 e. The lowest BCUT2D eigenvalue weighted by atomic mass is 10.0. The molecular formula is C23H26N4O3S. The van der Waals surface area contributed by atoms with Gasteiger partial charge in [-0.2, -0.15) is 5.10 Å². The zero-order valence-corrected chi connectivity index (χ0v) is 18.5. The van der Waals surface area contributed by atoms with Crippen molar-refractivity contribution in [2.75, 3.05) is 27.2 Å². The highest BCUT2D eigenvalue weighted by atomic mass is 32.2. The van der Waals surface area contributed by atoms with E-state index in [4.69, 9.17) is 4.74 Å². The lowest BCUT2D eigenvalue weighted by molar-refractivity contribution is -0.107. The van der Waals surface area contributed by atoms with Gasteiger partial charge in [-0.25, -0.2) is 8.82 Å². The van der Waals surface area contributed by atoms with Crippen LogP contribution in [0.5, 0.6) is 0 Å². The van der Waals surface area contributed by atoms with Crippen molar-refractivity contribution < 1.29 is 14.3 Å². The van der Waals surface area contributed by atoms with Crippen LogP contribution in [0, 0.1) is 0 Å². The first kappa shape index (κ1) is 21.5. The highest BCUT2D eigenvalue weighted by molar-refractivity contribution is 7.97. The quantitative estimate of drug-likeness (QED) is 0.451. The molecule has 3 aromatic rings. The van der Waals surface area contributed by atoms with E-state index in [1.54, 1.807) is 36.8 Å². The van der Waals surface area contributed by atoms with Crippen LogP contribution in [0.25, 0.3) is 16.6 Å². The summed E-state index contributed by atoms with van der Waals surface area (Å²) in [7, 11) is 3.41. The molecule has 1 amide bonds. The fourth-order valence-electron chi connectivity index (χ4n) is 3.87. The SMILES string of the molecule is CNC(=O)c1ccc(-c2ccn3ncc(CC=O)c3c2)c(SN2CCC(OC)CC2)c1. The van der Waals surface area contributed by atoms with E-state index in [2.05, 4.69) is 20.8 Å². The van der Waals surface area contributed by atoms with Gasteiger partial charge in [-0.05, 0) is 60.2 Å². The normalized spacial score (nSPS) is 15.3. The van der Waals surface area contributed by atoms with E-state index in [0.29, 0.717) is 18.1 Å². The molecule has 1 aromatic carbocycles. The Morgan fingerprint density at radius 3 is 2.81 bits per heavy atom. The molecule has 1 fully saturated rings. The van der Waals surface area contributed by atoms with Crippen molar-refractivity contribution in [1.82, 2.24) is 19.2 Å². The minimum atomic E-state index is -0.106. The molecule has 8 heteroatoms. The van der Waals surface area contributed by atoms with E-state index in [1.165, 1.54) is 0 Å². The molecule has 0 aliphatic carbocycles. The van der Waals surface area contributed by atoms with Gasteiger partial charge in [0.25, 0.3) is 5.91 Å². The number of hydrogen-bond donors (Lipinski definition) is 1. The highest BCUT2D eigenvalue weighted by Gasteiger charge is 2.21. The Morgan fingerprint density at radius 1 is 1.29 bits per heavy atom. The third kappa shape index (κ3) is 4.66. The zero-order chi connectivity index (χ0) is 21.8. The predicted molar refractivity (Wildman–Crippen MR) is 121 cm³/mol. The number of hydrogen-bond acceptors (Lipinski definition) is 6. The van der Waals surface area contributed by atoms with Gasteiger partial charge >= 0.3 is 0 Å². The van der Waals surface area contributed by atoms with Crippen LogP contribution in [0.2, 0.25) is 0 Å². The van der Waals surface area contributed by atoms with E-state index in [-0.39, 0.29) is 5.91 Å². The smallest absolute Gasteiger partial charge is 0.251 e. The number of aromatic nitrogens is 2. The molecule has 0 unspecified atom stereocenters. The Balaban J connectivity index is 1.71. The third-order valence-electron chi connectivity index (χ3n) is 5.65. The molecule has 0 atom stereocenters. The number of aldehydes is 1. The van der Waals surface area contributed by atoms with E-state index >= 15 is 0 Å². The van der Waals surface area contributed by atoms with Crippen LogP contribution in [0.15, 0.2) is 47.6 Å². The molecule has 1 saturated heterocycles. The first-order valence-electron chi connectivity index (χ1n) is 10.3. The number of rotatable bonds is 7. The molecule has 0 saturated carbocycles. The number of benzene rings is 1. The summed E-state index contributed by atoms with van der Waals surface area (Å²) in [5, 5.41) is 7.04. The molecule has 2 aromatic heterocycles. The molecule has 1 N–H and O–H groups in total. The summed E-state index contributed by atoms with van der Waals surface area (Å²) in [5.74, 6) is -0.106. The maximum Gasteiger partial charge on any atom is 0.251 e. The topological polar surface area (TPSA) is 75.9 Å². The monoisotopic (exact) mass is 438 g/mol. The van der Waals surface area contributed by atoms with Crippen molar-refractivity contribution in [2.24, 2.45) is 0 Å². The highest BCUT2D eigenvalue weighted by Crippen LogP contribution is 2.36. The fourth-order valence-corrected chi connectivity index (χ4v) is 5.00. The summed E-state index contributed by atoms with van der Waals surface area (Å²) < 4.78 is 9.60. The van der Waals surface area contributed by atoms with Crippen molar-refractivity contribution in [1.29, 1.82) is 0 Å². The number of nitrogens with one attached hydrogen (secondary N) is 1. The molecule has 4 rings (SSSR count). The average molecular weight is 439 g/mol. The number of carbonyl (C=O) groups excluding carboxylic acids is 2. The Kier molecular flexibility index (Phi) is 6.70. The van der Waals surface area contributed by atoms with Crippen LogP contribution in [0.4, 0.5) is 0 Å². The summed E-state index contributed by atoms with van der Waals surface area (Å²) in [6, 6.07) is 9.87. The van der Waals surface area contributed by atoms with E-state index < -0.39 is 0 Å². The molecular weight excluding hydrogens is 412 g/mol. The number of methoxy groups -OCH3 is 1. The Labute approximate surface area is 185 Å². The van der Waals surface area contributed by atoms with Gasteiger partial charge in [0.05, 0.1) is 17.8 Å². The lowest BCUT2D eigenvalue weighted by Gasteiger charge is -2.30. The van der Waals surface area contributed by atoms with Crippen molar-refractivity contribution in [3.63, 3.8) is 0 Å². The van der Waals surface area contributed by atoms with Gasteiger partial charge in [-0.15, -0.1) is 0 Å². The van der Waals surface area contributed by atoms with Gasteiger partial charge < -0.3 is 14.8 Å². The summed E-state index contributed by atoms with van der Waals surface area (Å²) in [5.41, 5.74) is 4.52. The first-order valence-corrected chi connectivity index (χ1v) is 11.1. The number of carbonyl (C=O) groups is 2. The number of ether oxygens (including phenoxy) is 1. The molecule has 0 spiro atoms. The second-order valence-electron chi connectivity index (χ2n) is 7.53. The first-order chi connectivity index (χ1) is 15.1. The second-order valence-corrected chi connectivity index (χ2v) is 8.67. The van der Waals surface area contributed by atoms with E-state index in [1.807, 2.05) is 30.5 Å². The van der Waals surface area contributed by atoms with Gasteiger partial charge in [0.15, 0.2) is 0 Å². The van der Waals surface area contributed by atoms with Gasteiger partial charge in [0, 0.05) is 55.9 Å². The van der Waals surface area contributed by atoms with E-state index in [0.717, 1.165) is 59.3 Å². The van der Waals surface area contributed by atoms with Crippen LogP contribution in [-0.4, -0.2) is 59.5 Å². The molecule has 0 bridgehead atoms. The summed E-state index contributed by atoms with van der Waals surface area (Å²) in [6.07, 6.45) is 7.16. The maximum absolute atomic E-state index is 12.2. The Morgan fingerprint density at radius 2 is 2.10 bits per heavy atom. The van der Waals surface area contributed by atoms with Gasteiger partial charge in [-0.1, -0.05) is 6.07 Å². The van der Waals surface area contributed by atoms with Crippen molar-refractivity contribution in [3.8, 4) is 11.1 Å². The number of amides is 1. The van der Waals surface area contributed by atoms with Gasteiger partial charge in [0.1, 0.15) is 6.29 Å². The molecule has 31 heavy (non-hydrogen) atoms. The molecule has 1 aliphatic rings. The average Bonchev–Trinajstić information content (AvgIpc) is 3.21. The fraction of sp³-hybridized carbons (Fsp3) is 0.348. The van der Waals surface area contributed by atoms with Crippen LogP contribution in [0.3, 0.4) is 0 Å². The van der Waals surface area contributed by atoms with Crippen molar-refractivity contribution in [3.05, 3.63) is 53.9 Å². The van der Waals surface area contributed by atoms with Crippen molar-refractivity contribution in [2.45, 2.75) is 30.3 Å². The van der Waals surface area contributed by atoms with Crippen LogP contribution >= 0.6 is 11.9 Å². The number of nitrogens with zero attached hydrogens (tertiary/aromatic N) is 3. The second kappa shape index (κ2) is 9.64. The van der Waals surface area contributed by atoms with Crippen LogP contribution in [0.1, 0.15) is 28.8 Å². The summed E-state index contributed by atoms with van der Waals surface area (Å²) >= 11 is 1.68. The Hall–Kier alpha value is -2.68. The standard InChI is InChI=1S/C23H26N4O3S/c1-24-23(29)17-3-4-20(22(14-17)31-26-9-6-19(30-2)7-10-26)16-5-11-27-21(13-16)18(8-12-28)15-25-27/h3-5,11-15,19H,6-10H2,1-2H3,(H,24,29). The zero-order valence-electron chi connectivity index (χ0n) is 17.7. The summed E-state index contributed by atoms with van der Waals surface area (Å²) in [6.45, 7) is 1.86. The third-order valence-corrected chi connectivity index (χ3v) is 6.81. The number of pyridine rings is 1. The largest absolute Gasteiger partial charge is 0.381 e. The molecule has 3 heterocycles. The van der Waals surface area contributed by atoms with Crippen LogP contribution in [-0.2, 0) is 16.0 Å². The molecule has 0 radical (unpaired) electrons. The molecule has 7 nitrogen and oxygen atoms in total. The minimum absolute atomic E-state index is 0.106. The molecule has 162 valence electrons. The van der Waals surface area contributed by atoms with Crippen molar-refractivity contribution >= 4 is 29.7 Å². The van der Waals surface area contributed by atoms with E-state index in [9.17, 15) is 9.59 Å². The summed E-state index contributed by atoms with van der Waals surface area (Å²) in [4.78, 5) is 24.3. The van der Waals surface area contributed by atoms with Crippen LogP contribution < -0.4 is 5.32 Å². The molecule has 1 aliphatic heterocycles. The Bertz CT molecular complexity index is 1090. The van der Waals surface area contributed by atoms with Gasteiger partial charge in [-0.3, -0.25) is 4.79 Å². The number of piperidine rings is 1. The predicted octanol–water partition coefficient (Wildman–Crippen LogP) is 3.22. The number of fused-ring (bicyclic) bond motifs is 1. The maximum atomic E-state index is 12.2. The lowest BCUT2D eigenvalue weighted by Crippen LogP contribution is -2.32.